The molecule has 0 radical (unpaired) electrons. The van der Waals surface area contributed by atoms with E-state index in [1.807, 2.05) is 5.32 Å². The Balaban J connectivity index is 1.82. The number of nitrogens with one attached hydrogen (secondary N) is 4. The van der Waals surface area contributed by atoms with E-state index in [4.69, 9.17) is 16.0 Å². The molecule has 1 aromatic rings. The van der Waals surface area contributed by atoms with Gasteiger partial charge in [0.1, 0.15) is 36.3 Å². The van der Waals surface area contributed by atoms with Gasteiger partial charge in [-0.05, 0) is 24.1 Å². The average molecular weight is 893 g/mol. The van der Waals surface area contributed by atoms with Gasteiger partial charge < -0.3 is 87.6 Å². The van der Waals surface area contributed by atoms with Crippen LogP contribution in [0, 0.1) is 0 Å². The van der Waals surface area contributed by atoms with Crippen LogP contribution in [0.1, 0.15) is 31.2 Å². The zero-order valence-corrected chi connectivity index (χ0v) is 32.7. The first kappa shape index (κ1) is 48.4. The minimum absolute atomic E-state index is 0.130. The molecule has 3 heterocycles. The summed E-state index contributed by atoms with van der Waals surface area (Å²) in [6, 6.07) is -8.91. The predicted molar refractivity (Wildman–Crippen MR) is 198 cm³/mol. The third-order valence-electron chi connectivity index (χ3n) is 10.1. The Morgan fingerprint density at radius 2 is 1.51 bits per heavy atom. The van der Waals surface area contributed by atoms with Gasteiger partial charge in [0.15, 0.2) is 17.7 Å². The fourth-order valence-corrected chi connectivity index (χ4v) is 7.37. The van der Waals surface area contributed by atoms with Crippen LogP contribution >= 0.6 is 0 Å². The second kappa shape index (κ2) is 20.0. The molecule has 28 heteroatoms. The van der Waals surface area contributed by atoms with Gasteiger partial charge in [0.25, 0.3) is 0 Å². The molecule has 3 fully saturated rings. The van der Waals surface area contributed by atoms with Gasteiger partial charge in [-0.3, -0.25) is 38.1 Å². The number of carbonyl (C=O) groups is 7. The van der Waals surface area contributed by atoms with Gasteiger partial charge in [-0.2, -0.15) is 8.42 Å². The van der Waals surface area contributed by atoms with Crippen molar-refractivity contribution in [3.8, 4) is 11.5 Å². The molecule has 17 N–H and O–H groups in total. The molecule has 1 aromatic carbocycles. The SMILES string of the molecule is NC(=O)CC(O)C1NC(=O)C(C(O)Cc2ccc(O)c(OS(=O)(=O)O)c2)NC(=O)C2CC(O)CN2C(=O)C(CO)NC(=O)C(N)CC(O)C(O)NC(=O)C2C(O)CCN2C1=O. The number of benzene rings is 1. The second-order valence-electron chi connectivity index (χ2n) is 14.6. The van der Waals surface area contributed by atoms with Gasteiger partial charge in [-0.25, -0.2) is 0 Å². The molecule has 3 aliphatic heterocycles. The molecular weight excluding hydrogens is 844 g/mol. The molecule has 4 rings (SSSR count). The first-order valence-corrected chi connectivity index (χ1v) is 19.8. The summed E-state index contributed by atoms with van der Waals surface area (Å²) in [5.41, 5.74) is 11.0. The van der Waals surface area contributed by atoms with Crippen molar-refractivity contribution < 1.29 is 91.6 Å². The summed E-state index contributed by atoms with van der Waals surface area (Å²) in [4.78, 5) is 95.5. The number of hydrogen-bond acceptors (Lipinski definition) is 19. The van der Waals surface area contributed by atoms with Crippen molar-refractivity contribution in [3.63, 3.8) is 0 Å². The fourth-order valence-electron chi connectivity index (χ4n) is 7.01. The highest BCUT2D eigenvalue weighted by atomic mass is 32.3. The number of nitrogens with zero attached hydrogens (tertiary/aromatic N) is 2. The highest BCUT2D eigenvalue weighted by molar-refractivity contribution is 7.81. The monoisotopic (exact) mass is 892 g/mol. The van der Waals surface area contributed by atoms with Crippen LogP contribution in [-0.2, 0) is 50.4 Å². The van der Waals surface area contributed by atoms with Crippen molar-refractivity contribution >= 4 is 51.7 Å². The normalized spacial score (nSPS) is 31.1. The van der Waals surface area contributed by atoms with Crippen molar-refractivity contribution in [3.05, 3.63) is 23.8 Å². The minimum atomic E-state index is -5.20. The van der Waals surface area contributed by atoms with E-state index in [0.29, 0.717) is 9.80 Å². The van der Waals surface area contributed by atoms with Gasteiger partial charge in [0.05, 0.1) is 43.5 Å². The third-order valence-corrected chi connectivity index (χ3v) is 10.4. The Bertz CT molecular complexity index is 1960. The number of hydrogen-bond donors (Lipinski definition) is 15. The summed E-state index contributed by atoms with van der Waals surface area (Å²) >= 11 is 0. The number of rotatable bonds is 9. The van der Waals surface area contributed by atoms with E-state index in [9.17, 15) is 82.8 Å². The van der Waals surface area contributed by atoms with Crippen LogP contribution in [0.3, 0.4) is 0 Å². The molecule has 3 saturated heterocycles. The number of fused-ring (bicyclic) bond motifs is 2. The molecule has 61 heavy (non-hydrogen) atoms. The van der Waals surface area contributed by atoms with Crippen LogP contribution in [0.2, 0.25) is 0 Å². The Labute approximate surface area is 345 Å². The number of aliphatic hydroxyl groups excluding tert-OH is 7. The molecular formula is C33H48N8O19S. The molecule has 0 saturated carbocycles. The van der Waals surface area contributed by atoms with E-state index >= 15 is 0 Å². The van der Waals surface area contributed by atoms with Crippen LogP contribution in [0.4, 0.5) is 0 Å². The average Bonchev–Trinajstić information content (AvgIpc) is 3.76. The number of amides is 7. The van der Waals surface area contributed by atoms with Crippen molar-refractivity contribution in [2.45, 2.75) is 105 Å². The first-order chi connectivity index (χ1) is 28.4. The molecule has 0 aliphatic carbocycles. The number of nitrogens with two attached hydrogens (primary N) is 2. The van der Waals surface area contributed by atoms with Gasteiger partial charge in [0.2, 0.25) is 41.4 Å². The van der Waals surface area contributed by atoms with Gasteiger partial charge in [-0.1, -0.05) is 6.07 Å². The highest BCUT2D eigenvalue weighted by Gasteiger charge is 2.48. The Kier molecular flexibility index (Phi) is 15.9. The van der Waals surface area contributed by atoms with E-state index in [-0.39, 0.29) is 12.0 Å². The Morgan fingerprint density at radius 1 is 0.852 bits per heavy atom. The smallest absolute Gasteiger partial charge is 0.446 e. The minimum Gasteiger partial charge on any atom is -0.504 e. The van der Waals surface area contributed by atoms with Crippen LogP contribution in [-0.4, -0.2) is 198 Å². The number of aliphatic hydroxyl groups is 7. The summed E-state index contributed by atoms with van der Waals surface area (Å²) in [5.74, 6) is -10.6. The van der Waals surface area contributed by atoms with Gasteiger partial charge in [-0.15, -0.1) is 0 Å². The molecule has 7 amide bonds. The molecule has 0 bridgehead atoms. The quantitative estimate of drug-likeness (QED) is 0.102. The lowest BCUT2D eigenvalue weighted by Crippen LogP contribution is -2.64. The first-order valence-electron chi connectivity index (χ1n) is 18.5. The maximum Gasteiger partial charge on any atom is 0.446 e. The molecule has 0 aromatic heterocycles. The maximum absolute atomic E-state index is 14.2. The molecule has 12 unspecified atom stereocenters. The number of aromatic hydroxyl groups is 1. The molecule has 27 nitrogen and oxygen atoms in total. The fraction of sp³-hybridized carbons (Fsp3) is 0.606. The number of phenolic OH excluding ortho intramolecular Hbond substituents is 1. The number of carbonyl (C=O) groups excluding carboxylic acids is 7. The molecule has 0 spiro atoms. The Hall–Kier alpha value is -5.30. The summed E-state index contributed by atoms with van der Waals surface area (Å²) in [6.45, 7) is -2.14. The largest absolute Gasteiger partial charge is 0.504 e. The van der Waals surface area contributed by atoms with Crippen LogP contribution < -0.4 is 36.9 Å². The molecule has 12 atom stereocenters. The lowest BCUT2D eigenvalue weighted by molar-refractivity contribution is -0.148. The van der Waals surface area contributed by atoms with E-state index < -0.39 is 182 Å². The second-order valence-corrected chi connectivity index (χ2v) is 15.7. The zero-order valence-electron chi connectivity index (χ0n) is 31.9. The number of phenols is 1. The lowest BCUT2D eigenvalue weighted by Gasteiger charge is -2.33. The maximum atomic E-state index is 14.2. The van der Waals surface area contributed by atoms with Crippen LogP contribution in [0.15, 0.2) is 18.2 Å². The third kappa shape index (κ3) is 12.2. The topological polar surface area (TPSA) is 452 Å². The standard InChI is InChI=1S/C33H48N8O19S/c34-14-8-21(48)29(52)39-31(54)26-18(45)3-4-40(26)33(56)25(20(47)9-23(35)49)38-30(53)24(19(46)5-12-1-2-17(44)22(6-12)60-61(57,58)59)37-28(51)16-7-13(43)10-41(16)32(55)15(11-42)36-27(14)50/h1-2,6,13-16,18-21,24-26,29,42-48,52H,3-5,7-11,34H2,(H2,35,49)(H,36,50)(H,37,51)(H,38,53)(H,39,54)(H,57,58,59). The van der Waals surface area contributed by atoms with Crippen molar-refractivity contribution in [2.24, 2.45) is 11.5 Å². The van der Waals surface area contributed by atoms with E-state index in [0.717, 1.165) is 18.2 Å². The highest BCUT2D eigenvalue weighted by Crippen LogP contribution is 2.29. The van der Waals surface area contributed by atoms with Crippen molar-refractivity contribution in [1.29, 1.82) is 0 Å². The van der Waals surface area contributed by atoms with Crippen LogP contribution in [0.25, 0.3) is 0 Å². The Morgan fingerprint density at radius 3 is 2.13 bits per heavy atom. The summed E-state index contributed by atoms with van der Waals surface area (Å²) < 4.78 is 36.1. The van der Waals surface area contributed by atoms with E-state index in [1.54, 1.807) is 0 Å². The summed E-state index contributed by atoms with van der Waals surface area (Å²) in [5, 5.41) is 93.4. The van der Waals surface area contributed by atoms with Gasteiger partial charge in [0, 0.05) is 32.4 Å². The van der Waals surface area contributed by atoms with Crippen molar-refractivity contribution in [1.82, 2.24) is 31.1 Å². The number of primary amides is 1. The van der Waals surface area contributed by atoms with E-state index in [2.05, 4.69) is 20.1 Å². The lowest BCUT2D eigenvalue weighted by atomic mass is 9.98. The molecule has 340 valence electrons. The van der Waals surface area contributed by atoms with Crippen molar-refractivity contribution in [2.75, 3.05) is 19.7 Å². The van der Waals surface area contributed by atoms with Crippen LogP contribution in [0.5, 0.6) is 11.5 Å². The van der Waals surface area contributed by atoms with Gasteiger partial charge >= 0.3 is 10.4 Å². The molecule has 3 aliphatic rings. The van der Waals surface area contributed by atoms with E-state index in [1.165, 1.54) is 0 Å². The zero-order chi connectivity index (χ0) is 45.7. The predicted octanol–water partition coefficient (Wildman–Crippen LogP) is -9.39. The summed E-state index contributed by atoms with van der Waals surface area (Å²) in [7, 11) is -5.20. The summed E-state index contributed by atoms with van der Waals surface area (Å²) in [6.07, 6.45) is -15.0.